The van der Waals surface area contributed by atoms with Crippen molar-refractivity contribution in [2.45, 2.75) is 12.8 Å². The van der Waals surface area contributed by atoms with E-state index in [-0.39, 0.29) is 5.91 Å². The summed E-state index contributed by atoms with van der Waals surface area (Å²) in [5.74, 6) is 2.02. The number of likely N-dealkylation sites (tertiary alicyclic amines) is 1. The lowest BCUT2D eigenvalue weighted by Gasteiger charge is -2.33. The maximum atomic E-state index is 13.1. The molecule has 1 aliphatic rings. The molecule has 0 unspecified atom stereocenters. The minimum absolute atomic E-state index is 0.102. The van der Waals surface area contributed by atoms with Crippen molar-refractivity contribution < 1.29 is 14.3 Å². The second-order valence-corrected chi connectivity index (χ2v) is 7.16. The largest absolute Gasteiger partial charge is 0.497 e. The molecule has 1 saturated heterocycles. The van der Waals surface area contributed by atoms with Crippen LogP contribution >= 0.6 is 0 Å². The van der Waals surface area contributed by atoms with Crippen molar-refractivity contribution in [1.82, 2.24) is 4.90 Å². The van der Waals surface area contributed by atoms with Crippen molar-refractivity contribution in [3.63, 3.8) is 0 Å². The summed E-state index contributed by atoms with van der Waals surface area (Å²) < 4.78 is 11.2. The Balaban J connectivity index is 1.63. The van der Waals surface area contributed by atoms with Gasteiger partial charge in [0.05, 0.1) is 19.3 Å². The van der Waals surface area contributed by atoms with Crippen LogP contribution in [0.1, 0.15) is 23.2 Å². The number of hydrogen-bond donors (Lipinski definition) is 0. The van der Waals surface area contributed by atoms with Gasteiger partial charge in [-0.3, -0.25) is 4.79 Å². The Morgan fingerprint density at radius 1 is 1.15 bits per heavy atom. The SMILES string of the molecule is COc1cccc(OC[C@H]2CCCN(C(=O)c3ccccc3N(C)C)C2)c1. The normalized spacial score (nSPS) is 16.7. The fraction of sp³-hybridized carbons (Fsp3) is 0.409. The molecule has 1 fully saturated rings. The van der Waals surface area contributed by atoms with Crippen LogP contribution in [0.4, 0.5) is 5.69 Å². The Labute approximate surface area is 161 Å². The zero-order valence-electron chi connectivity index (χ0n) is 16.4. The monoisotopic (exact) mass is 368 g/mol. The second-order valence-electron chi connectivity index (χ2n) is 7.16. The van der Waals surface area contributed by atoms with Crippen LogP contribution < -0.4 is 14.4 Å². The highest BCUT2D eigenvalue weighted by atomic mass is 16.5. The van der Waals surface area contributed by atoms with Crippen LogP contribution in [-0.2, 0) is 0 Å². The van der Waals surface area contributed by atoms with Gasteiger partial charge in [-0.15, -0.1) is 0 Å². The molecule has 0 spiro atoms. The Bertz CT molecular complexity index is 776. The third-order valence-corrected chi connectivity index (χ3v) is 4.95. The molecule has 2 aromatic carbocycles. The van der Waals surface area contributed by atoms with Crippen LogP contribution in [0.2, 0.25) is 0 Å². The van der Waals surface area contributed by atoms with Gasteiger partial charge in [0, 0.05) is 44.9 Å². The average molecular weight is 368 g/mol. The molecule has 0 N–H and O–H groups in total. The average Bonchev–Trinajstić information content (AvgIpc) is 2.72. The molecule has 0 saturated carbocycles. The van der Waals surface area contributed by atoms with Crippen LogP contribution in [0.5, 0.6) is 11.5 Å². The lowest BCUT2D eigenvalue weighted by Crippen LogP contribution is -2.42. The van der Waals surface area contributed by atoms with E-state index in [0.717, 1.165) is 48.7 Å². The van der Waals surface area contributed by atoms with Crippen molar-refractivity contribution in [2.75, 3.05) is 45.8 Å². The number of piperidine rings is 1. The zero-order valence-corrected chi connectivity index (χ0v) is 16.4. The molecule has 27 heavy (non-hydrogen) atoms. The molecule has 5 heteroatoms. The van der Waals surface area contributed by atoms with Gasteiger partial charge in [0.25, 0.3) is 5.91 Å². The molecule has 1 aliphatic heterocycles. The van der Waals surface area contributed by atoms with E-state index in [1.165, 1.54) is 0 Å². The molecule has 0 aliphatic carbocycles. The molecular formula is C22H28N2O3. The highest BCUT2D eigenvalue weighted by molar-refractivity contribution is 5.99. The molecule has 144 valence electrons. The first-order valence-corrected chi connectivity index (χ1v) is 9.41. The van der Waals surface area contributed by atoms with Crippen molar-refractivity contribution in [1.29, 1.82) is 0 Å². The van der Waals surface area contributed by atoms with E-state index in [1.54, 1.807) is 7.11 Å². The lowest BCUT2D eigenvalue weighted by molar-refractivity contribution is 0.0634. The van der Waals surface area contributed by atoms with Gasteiger partial charge in [-0.05, 0) is 37.1 Å². The van der Waals surface area contributed by atoms with Gasteiger partial charge in [-0.25, -0.2) is 0 Å². The number of anilines is 1. The van der Waals surface area contributed by atoms with Crippen LogP contribution in [-0.4, -0.2) is 51.7 Å². The Kier molecular flexibility index (Phi) is 6.22. The van der Waals surface area contributed by atoms with E-state index in [2.05, 4.69) is 0 Å². The number of amides is 1. The van der Waals surface area contributed by atoms with E-state index >= 15 is 0 Å². The number of para-hydroxylation sites is 1. The smallest absolute Gasteiger partial charge is 0.255 e. The molecule has 2 aromatic rings. The van der Waals surface area contributed by atoms with E-state index in [0.29, 0.717) is 12.5 Å². The summed E-state index contributed by atoms with van der Waals surface area (Å²) in [6.45, 7) is 2.13. The molecule has 1 atom stereocenters. The van der Waals surface area contributed by atoms with Gasteiger partial charge < -0.3 is 19.3 Å². The van der Waals surface area contributed by atoms with E-state index in [4.69, 9.17) is 9.47 Å². The highest BCUT2D eigenvalue weighted by Crippen LogP contribution is 2.25. The van der Waals surface area contributed by atoms with Gasteiger partial charge in [0.2, 0.25) is 0 Å². The summed E-state index contributed by atoms with van der Waals surface area (Å²) in [4.78, 5) is 17.0. The number of carbonyl (C=O) groups excluding carboxylic acids is 1. The van der Waals surface area contributed by atoms with Crippen LogP contribution in [0.15, 0.2) is 48.5 Å². The van der Waals surface area contributed by atoms with Gasteiger partial charge in [0.1, 0.15) is 11.5 Å². The molecule has 0 bridgehead atoms. The van der Waals surface area contributed by atoms with Crippen LogP contribution in [0.3, 0.4) is 0 Å². The first-order chi connectivity index (χ1) is 13.1. The van der Waals surface area contributed by atoms with Crippen molar-refractivity contribution in [2.24, 2.45) is 5.92 Å². The summed E-state index contributed by atoms with van der Waals surface area (Å²) in [5.41, 5.74) is 1.72. The summed E-state index contributed by atoms with van der Waals surface area (Å²) >= 11 is 0. The third-order valence-electron chi connectivity index (χ3n) is 4.95. The number of ether oxygens (including phenoxy) is 2. The number of benzene rings is 2. The van der Waals surface area contributed by atoms with Gasteiger partial charge >= 0.3 is 0 Å². The lowest BCUT2D eigenvalue weighted by atomic mass is 9.98. The molecule has 1 heterocycles. The summed E-state index contributed by atoms with van der Waals surface area (Å²) in [6.07, 6.45) is 2.07. The van der Waals surface area contributed by atoms with E-state index < -0.39 is 0 Å². The minimum atomic E-state index is 0.102. The maximum Gasteiger partial charge on any atom is 0.255 e. The van der Waals surface area contributed by atoms with Crippen molar-refractivity contribution >= 4 is 11.6 Å². The maximum absolute atomic E-state index is 13.1. The molecule has 3 rings (SSSR count). The molecular weight excluding hydrogens is 340 g/mol. The van der Waals surface area contributed by atoms with E-state index in [9.17, 15) is 4.79 Å². The molecule has 0 radical (unpaired) electrons. The first kappa shape index (κ1) is 19.1. The Morgan fingerprint density at radius 3 is 2.70 bits per heavy atom. The van der Waals surface area contributed by atoms with Crippen molar-refractivity contribution in [3.05, 3.63) is 54.1 Å². The molecule has 1 amide bonds. The number of rotatable bonds is 6. The summed E-state index contributed by atoms with van der Waals surface area (Å²) in [6, 6.07) is 15.4. The standard InChI is InChI=1S/C22H28N2O3/c1-23(2)21-12-5-4-11-20(21)22(25)24-13-7-8-17(15-24)16-27-19-10-6-9-18(14-19)26-3/h4-6,9-12,14,17H,7-8,13,15-16H2,1-3H3/t17-/m0/s1. The predicted molar refractivity (Wildman–Crippen MR) is 108 cm³/mol. The van der Waals surface area contributed by atoms with Crippen molar-refractivity contribution in [3.8, 4) is 11.5 Å². The fourth-order valence-electron chi connectivity index (χ4n) is 3.51. The topological polar surface area (TPSA) is 42.0 Å². The van der Waals surface area contributed by atoms with Gasteiger partial charge in [-0.2, -0.15) is 0 Å². The van der Waals surface area contributed by atoms with E-state index in [1.807, 2.05) is 72.4 Å². The molecule has 0 aromatic heterocycles. The predicted octanol–water partition coefficient (Wildman–Crippen LogP) is 3.69. The van der Waals surface area contributed by atoms with Crippen LogP contribution in [0.25, 0.3) is 0 Å². The Hall–Kier alpha value is -2.69. The number of hydrogen-bond acceptors (Lipinski definition) is 4. The molecule has 5 nitrogen and oxygen atoms in total. The summed E-state index contributed by atoms with van der Waals surface area (Å²) in [7, 11) is 5.58. The minimum Gasteiger partial charge on any atom is -0.497 e. The zero-order chi connectivity index (χ0) is 19.2. The van der Waals surface area contributed by atoms with Gasteiger partial charge in [0.15, 0.2) is 0 Å². The quantitative estimate of drug-likeness (QED) is 0.780. The second kappa shape index (κ2) is 8.80. The number of carbonyl (C=O) groups is 1. The highest BCUT2D eigenvalue weighted by Gasteiger charge is 2.26. The first-order valence-electron chi connectivity index (χ1n) is 9.41. The fourth-order valence-corrected chi connectivity index (χ4v) is 3.51. The van der Waals surface area contributed by atoms with Crippen LogP contribution in [0, 0.1) is 5.92 Å². The summed E-state index contributed by atoms with van der Waals surface area (Å²) in [5, 5.41) is 0. The third kappa shape index (κ3) is 4.73. The number of methoxy groups -OCH3 is 1. The Morgan fingerprint density at radius 2 is 1.93 bits per heavy atom. The number of nitrogens with zero attached hydrogens (tertiary/aromatic N) is 2. The van der Waals surface area contributed by atoms with Gasteiger partial charge in [-0.1, -0.05) is 18.2 Å².